The Morgan fingerprint density at radius 1 is 1.38 bits per heavy atom. The highest BCUT2D eigenvalue weighted by molar-refractivity contribution is 5.91. The number of carbonyl (C=O) groups is 1. The SMILES string of the molecule is Cc1cc(NC(=O)CC(C)C(C)(C)C)ccc1C#CCN. The Morgan fingerprint density at radius 2 is 2.05 bits per heavy atom. The van der Waals surface area contributed by atoms with Crippen molar-refractivity contribution in [3.63, 3.8) is 0 Å². The van der Waals surface area contributed by atoms with Gasteiger partial charge in [0.2, 0.25) is 5.91 Å². The maximum absolute atomic E-state index is 12.1. The number of hydrogen-bond acceptors (Lipinski definition) is 2. The summed E-state index contributed by atoms with van der Waals surface area (Å²) >= 11 is 0. The lowest BCUT2D eigenvalue weighted by molar-refractivity contribution is -0.117. The van der Waals surface area contributed by atoms with Gasteiger partial charge in [0.05, 0.1) is 6.54 Å². The van der Waals surface area contributed by atoms with Crippen LogP contribution in [-0.4, -0.2) is 12.5 Å². The van der Waals surface area contributed by atoms with Crippen molar-refractivity contribution in [3.05, 3.63) is 29.3 Å². The van der Waals surface area contributed by atoms with Crippen LogP contribution in [0.2, 0.25) is 0 Å². The van der Waals surface area contributed by atoms with E-state index in [9.17, 15) is 4.79 Å². The van der Waals surface area contributed by atoms with Crippen LogP contribution in [0.1, 0.15) is 45.2 Å². The number of amides is 1. The molecule has 114 valence electrons. The van der Waals surface area contributed by atoms with Crippen LogP contribution in [-0.2, 0) is 4.79 Å². The van der Waals surface area contributed by atoms with E-state index in [0.29, 0.717) is 18.9 Å². The lowest BCUT2D eigenvalue weighted by Crippen LogP contribution is -2.23. The Bertz CT molecular complexity index is 559. The molecular weight excluding hydrogens is 260 g/mol. The van der Waals surface area contributed by atoms with E-state index in [1.54, 1.807) is 0 Å². The molecule has 3 heteroatoms. The van der Waals surface area contributed by atoms with Gasteiger partial charge in [-0.05, 0) is 42.0 Å². The normalized spacial score (nSPS) is 12.3. The molecule has 0 radical (unpaired) electrons. The van der Waals surface area contributed by atoms with Crippen molar-refractivity contribution in [1.82, 2.24) is 0 Å². The van der Waals surface area contributed by atoms with Crippen molar-refractivity contribution >= 4 is 11.6 Å². The van der Waals surface area contributed by atoms with Gasteiger partial charge in [-0.2, -0.15) is 0 Å². The molecular formula is C18H26N2O. The summed E-state index contributed by atoms with van der Waals surface area (Å²) in [4.78, 5) is 12.1. The first kappa shape index (κ1) is 17.3. The van der Waals surface area contributed by atoms with Crippen LogP contribution < -0.4 is 11.1 Å². The second-order valence-electron chi connectivity index (χ2n) is 6.55. The summed E-state index contributed by atoms with van der Waals surface area (Å²) in [5, 5.41) is 2.96. The van der Waals surface area contributed by atoms with Crippen molar-refractivity contribution in [1.29, 1.82) is 0 Å². The minimum absolute atomic E-state index is 0.0533. The predicted octanol–water partition coefficient (Wildman–Crippen LogP) is 3.32. The lowest BCUT2D eigenvalue weighted by Gasteiger charge is -2.26. The fraction of sp³-hybridized carbons (Fsp3) is 0.500. The van der Waals surface area contributed by atoms with Crippen LogP contribution in [0.5, 0.6) is 0 Å². The van der Waals surface area contributed by atoms with Crippen LogP contribution in [0.25, 0.3) is 0 Å². The Morgan fingerprint density at radius 3 is 2.57 bits per heavy atom. The number of nitrogens with one attached hydrogen (secondary N) is 1. The Kier molecular flexibility index (Phi) is 5.99. The van der Waals surface area contributed by atoms with E-state index in [1.807, 2.05) is 25.1 Å². The van der Waals surface area contributed by atoms with Crippen molar-refractivity contribution in [3.8, 4) is 11.8 Å². The first-order chi connectivity index (χ1) is 9.74. The minimum atomic E-state index is 0.0533. The van der Waals surface area contributed by atoms with Crippen molar-refractivity contribution < 1.29 is 4.79 Å². The zero-order valence-corrected chi connectivity index (χ0v) is 13.7. The van der Waals surface area contributed by atoms with Crippen molar-refractivity contribution in [2.45, 2.75) is 41.0 Å². The predicted molar refractivity (Wildman–Crippen MR) is 89.0 cm³/mol. The molecule has 1 atom stereocenters. The number of rotatable bonds is 3. The van der Waals surface area contributed by atoms with Gasteiger partial charge in [-0.1, -0.05) is 39.5 Å². The molecule has 0 saturated heterocycles. The molecule has 3 N–H and O–H groups in total. The zero-order valence-electron chi connectivity index (χ0n) is 13.7. The fourth-order valence-electron chi connectivity index (χ4n) is 1.82. The van der Waals surface area contributed by atoms with Gasteiger partial charge in [-0.25, -0.2) is 0 Å². The number of hydrogen-bond donors (Lipinski definition) is 2. The molecule has 0 bridgehead atoms. The fourth-order valence-corrected chi connectivity index (χ4v) is 1.82. The second kappa shape index (κ2) is 7.28. The van der Waals surface area contributed by atoms with E-state index < -0.39 is 0 Å². The van der Waals surface area contributed by atoms with Crippen LogP contribution in [0, 0.1) is 30.1 Å². The molecule has 21 heavy (non-hydrogen) atoms. The molecule has 1 aromatic rings. The summed E-state index contributed by atoms with van der Waals surface area (Å²) in [5.74, 6) is 6.24. The van der Waals surface area contributed by atoms with Gasteiger partial charge in [0.25, 0.3) is 0 Å². The van der Waals surface area contributed by atoms with Crippen LogP contribution >= 0.6 is 0 Å². The molecule has 0 fully saturated rings. The summed E-state index contributed by atoms with van der Waals surface area (Å²) in [7, 11) is 0. The molecule has 1 unspecified atom stereocenters. The summed E-state index contributed by atoms with van der Waals surface area (Å²) < 4.78 is 0. The van der Waals surface area contributed by atoms with E-state index >= 15 is 0 Å². The minimum Gasteiger partial charge on any atom is -0.326 e. The number of anilines is 1. The number of nitrogens with two attached hydrogens (primary N) is 1. The molecule has 0 aromatic heterocycles. The first-order valence-corrected chi connectivity index (χ1v) is 7.33. The quantitative estimate of drug-likeness (QED) is 0.838. The van der Waals surface area contributed by atoms with E-state index in [4.69, 9.17) is 5.73 Å². The molecule has 1 rings (SSSR count). The monoisotopic (exact) mass is 286 g/mol. The van der Waals surface area contributed by atoms with Gasteiger partial charge in [-0.3, -0.25) is 4.79 Å². The van der Waals surface area contributed by atoms with Gasteiger partial charge >= 0.3 is 0 Å². The third kappa shape index (κ3) is 5.61. The maximum Gasteiger partial charge on any atom is 0.224 e. The standard InChI is InChI=1S/C18H26N2O/c1-13-11-16(9-8-15(13)7-6-10-19)20-17(21)12-14(2)18(3,4)5/h8-9,11,14H,10,12,19H2,1-5H3,(H,20,21). The van der Waals surface area contributed by atoms with Crippen LogP contribution in [0.4, 0.5) is 5.69 Å². The number of carbonyl (C=O) groups excluding carboxylic acids is 1. The Balaban J connectivity index is 2.72. The van der Waals surface area contributed by atoms with Crippen molar-refractivity contribution in [2.75, 3.05) is 11.9 Å². The first-order valence-electron chi connectivity index (χ1n) is 7.33. The largest absolute Gasteiger partial charge is 0.326 e. The third-order valence-electron chi connectivity index (χ3n) is 3.81. The highest BCUT2D eigenvalue weighted by atomic mass is 16.1. The summed E-state index contributed by atoms with van der Waals surface area (Å²) in [6.45, 7) is 10.9. The van der Waals surface area contributed by atoms with Gasteiger partial charge in [0.15, 0.2) is 0 Å². The highest BCUT2D eigenvalue weighted by Gasteiger charge is 2.22. The average molecular weight is 286 g/mol. The summed E-state index contributed by atoms with van der Waals surface area (Å²) in [6, 6.07) is 5.74. The third-order valence-corrected chi connectivity index (χ3v) is 3.81. The molecule has 1 amide bonds. The number of aryl methyl sites for hydroxylation is 1. The second-order valence-corrected chi connectivity index (χ2v) is 6.55. The molecule has 1 aromatic carbocycles. The topological polar surface area (TPSA) is 55.1 Å². The molecule has 0 aliphatic carbocycles. The highest BCUT2D eigenvalue weighted by Crippen LogP contribution is 2.28. The maximum atomic E-state index is 12.1. The average Bonchev–Trinajstić information content (AvgIpc) is 2.36. The number of benzene rings is 1. The smallest absolute Gasteiger partial charge is 0.224 e. The van der Waals surface area contributed by atoms with Gasteiger partial charge < -0.3 is 11.1 Å². The molecule has 0 aliphatic heterocycles. The Hall–Kier alpha value is -1.79. The summed E-state index contributed by atoms with van der Waals surface area (Å²) in [6.07, 6.45) is 0.525. The van der Waals surface area contributed by atoms with Crippen LogP contribution in [0.15, 0.2) is 18.2 Å². The Labute approximate surface area is 128 Å². The van der Waals surface area contributed by atoms with Crippen molar-refractivity contribution in [2.24, 2.45) is 17.1 Å². The molecule has 0 heterocycles. The van der Waals surface area contributed by atoms with E-state index in [0.717, 1.165) is 16.8 Å². The van der Waals surface area contributed by atoms with Gasteiger partial charge in [0, 0.05) is 17.7 Å². The zero-order chi connectivity index (χ0) is 16.0. The van der Waals surface area contributed by atoms with E-state index in [1.165, 1.54) is 0 Å². The van der Waals surface area contributed by atoms with Gasteiger partial charge in [-0.15, -0.1) is 0 Å². The molecule has 0 spiro atoms. The van der Waals surface area contributed by atoms with E-state index in [2.05, 4.69) is 44.9 Å². The van der Waals surface area contributed by atoms with Gasteiger partial charge in [0.1, 0.15) is 0 Å². The lowest BCUT2D eigenvalue weighted by atomic mass is 9.80. The summed E-state index contributed by atoms with van der Waals surface area (Å²) in [5.41, 5.74) is 8.31. The molecule has 3 nitrogen and oxygen atoms in total. The molecule has 0 aliphatic rings. The van der Waals surface area contributed by atoms with E-state index in [-0.39, 0.29) is 11.3 Å². The van der Waals surface area contributed by atoms with Crippen LogP contribution in [0.3, 0.4) is 0 Å². The molecule has 0 saturated carbocycles.